The van der Waals surface area contributed by atoms with Gasteiger partial charge in [0.25, 0.3) is 0 Å². The first-order chi connectivity index (χ1) is 9.52. The van der Waals surface area contributed by atoms with E-state index in [-0.39, 0.29) is 11.9 Å². The molecule has 4 heteroatoms. The Balaban J connectivity index is 2.30. The molecule has 0 aliphatic carbocycles. The zero-order chi connectivity index (χ0) is 14.7. The number of likely N-dealkylation sites (N-methyl/N-ethyl adjacent to an activating group) is 1. The third-order valence-corrected chi connectivity index (χ3v) is 5.26. The van der Waals surface area contributed by atoms with Crippen LogP contribution in [-0.2, 0) is 6.42 Å². The third kappa shape index (κ3) is 3.40. The first kappa shape index (κ1) is 15.5. The average Bonchev–Trinajstić information content (AvgIpc) is 2.74. The van der Waals surface area contributed by atoms with Crippen molar-refractivity contribution in [1.82, 2.24) is 5.32 Å². The predicted molar refractivity (Wildman–Crippen MR) is 85.3 cm³/mol. The fourth-order valence-electron chi connectivity index (χ4n) is 2.27. The number of benzene rings is 1. The summed E-state index contributed by atoms with van der Waals surface area (Å²) in [5, 5.41) is 6.35. The molecule has 0 aliphatic rings. The fourth-order valence-corrected chi connectivity index (χ4v) is 3.67. The Hall–Kier alpha value is -0.900. The number of hydrogen-bond acceptors (Lipinski definition) is 2. The molecule has 2 aromatic rings. The van der Waals surface area contributed by atoms with Crippen molar-refractivity contribution >= 4 is 22.9 Å². The van der Waals surface area contributed by atoms with Gasteiger partial charge in [-0.15, -0.1) is 11.3 Å². The Morgan fingerprint density at radius 3 is 2.65 bits per heavy atom. The lowest BCUT2D eigenvalue weighted by Crippen LogP contribution is -2.22. The molecule has 0 saturated carbocycles. The van der Waals surface area contributed by atoms with Crippen LogP contribution in [0.2, 0.25) is 5.02 Å². The van der Waals surface area contributed by atoms with Gasteiger partial charge in [0.15, 0.2) is 0 Å². The van der Waals surface area contributed by atoms with Gasteiger partial charge in [0.2, 0.25) is 0 Å². The van der Waals surface area contributed by atoms with Crippen LogP contribution in [0.5, 0.6) is 0 Å². The molecular weight excluding hydrogens is 293 g/mol. The Labute approximate surface area is 128 Å². The second-order valence-electron chi connectivity index (χ2n) is 4.98. The van der Waals surface area contributed by atoms with E-state index in [1.54, 1.807) is 17.4 Å². The fraction of sp³-hybridized carbons (Fsp3) is 0.375. The van der Waals surface area contributed by atoms with E-state index >= 15 is 0 Å². The van der Waals surface area contributed by atoms with Crippen molar-refractivity contribution in [1.29, 1.82) is 0 Å². The van der Waals surface area contributed by atoms with Crippen molar-refractivity contribution in [3.05, 3.63) is 56.0 Å². The molecule has 2 rings (SSSR count). The summed E-state index contributed by atoms with van der Waals surface area (Å²) in [5.74, 6) is -0.186. The van der Waals surface area contributed by atoms with Crippen LogP contribution in [0.4, 0.5) is 4.39 Å². The van der Waals surface area contributed by atoms with Crippen LogP contribution in [0.1, 0.15) is 34.5 Å². The second-order valence-corrected chi connectivity index (χ2v) is 6.27. The number of halogens is 2. The zero-order valence-electron chi connectivity index (χ0n) is 12.0. The van der Waals surface area contributed by atoms with Gasteiger partial charge in [-0.1, -0.05) is 24.6 Å². The van der Waals surface area contributed by atoms with Crippen molar-refractivity contribution < 1.29 is 4.39 Å². The highest BCUT2D eigenvalue weighted by Gasteiger charge is 2.18. The molecule has 1 aromatic carbocycles. The van der Waals surface area contributed by atoms with Gasteiger partial charge in [-0.05, 0) is 61.0 Å². The second kappa shape index (κ2) is 6.70. The van der Waals surface area contributed by atoms with Crippen molar-refractivity contribution in [3.63, 3.8) is 0 Å². The van der Waals surface area contributed by atoms with E-state index in [1.807, 2.05) is 19.9 Å². The molecule has 1 aromatic heterocycles. The van der Waals surface area contributed by atoms with Gasteiger partial charge in [0.05, 0.1) is 5.02 Å². The average molecular weight is 312 g/mol. The number of nitrogens with one attached hydrogen (secondary N) is 1. The highest BCUT2D eigenvalue weighted by molar-refractivity contribution is 7.10. The summed E-state index contributed by atoms with van der Waals surface area (Å²) < 4.78 is 13.4. The molecule has 1 atom stereocenters. The highest BCUT2D eigenvalue weighted by Crippen LogP contribution is 2.34. The minimum absolute atomic E-state index is 0.131. The molecule has 0 fully saturated rings. The normalized spacial score (nSPS) is 12.7. The minimum atomic E-state index is -0.186. The molecule has 1 heterocycles. The lowest BCUT2D eigenvalue weighted by Gasteiger charge is -2.18. The van der Waals surface area contributed by atoms with Gasteiger partial charge in [-0.25, -0.2) is 4.39 Å². The first-order valence-electron chi connectivity index (χ1n) is 6.74. The van der Waals surface area contributed by atoms with Crippen LogP contribution < -0.4 is 5.32 Å². The molecule has 1 nitrogen and oxygen atoms in total. The smallest absolute Gasteiger partial charge is 0.123 e. The molecule has 1 N–H and O–H groups in total. The van der Waals surface area contributed by atoms with E-state index in [2.05, 4.69) is 17.6 Å². The van der Waals surface area contributed by atoms with Gasteiger partial charge < -0.3 is 5.32 Å². The maximum absolute atomic E-state index is 13.4. The van der Waals surface area contributed by atoms with Gasteiger partial charge >= 0.3 is 0 Å². The van der Waals surface area contributed by atoms with Crippen LogP contribution in [-0.4, -0.2) is 6.54 Å². The topological polar surface area (TPSA) is 12.0 Å². The maximum Gasteiger partial charge on any atom is 0.123 e. The molecule has 1 unspecified atom stereocenters. The van der Waals surface area contributed by atoms with Crippen LogP contribution in [0.15, 0.2) is 23.6 Å². The quantitative estimate of drug-likeness (QED) is 0.814. The van der Waals surface area contributed by atoms with E-state index in [0.29, 0.717) is 0 Å². The monoisotopic (exact) mass is 311 g/mol. The largest absolute Gasteiger partial charge is 0.309 e. The van der Waals surface area contributed by atoms with Gasteiger partial charge in [-0.2, -0.15) is 0 Å². The van der Waals surface area contributed by atoms with E-state index < -0.39 is 0 Å². The lowest BCUT2D eigenvalue weighted by atomic mass is 9.99. The number of hydrogen-bond donors (Lipinski definition) is 1. The molecule has 20 heavy (non-hydrogen) atoms. The van der Waals surface area contributed by atoms with Crippen molar-refractivity contribution in [2.24, 2.45) is 0 Å². The first-order valence-corrected chi connectivity index (χ1v) is 8.00. The molecule has 108 valence electrons. The molecule has 0 aliphatic heterocycles. The Kier molecular flexibility index (Phi) is 5.19. The van der Waals surface area contributed by atoms with Gasteiger partial charge in [0.1, 0.15) is 5.82 Å². The SMILES string of the molecule is CCNC(Cc1cc(F)ccc1C)c1scc(C)c1Cl. The minimum Gasteiger partial charge on any atom is -0.309 e. The summed E-state index contributed by atoms with van der Waals surface area (Å²) in [7, 11) is 0. The summed E-state index contributed by atoms with van der Waals surface area (Å²) >= 11 is 8.04. The van der Waals surface area contributed by atoms with Gasteiger partial charge in [0, 0.05) is 10.9 Å². The molecule has 0 saturated heterocycles. The Morgan fingerprint density at radius 1 is 1.30 bits per heavy atom. The lowest BCUT2D eigenvalue weighted by molar-refractivity contribution is 0.553. The Bertz CT molecular complexity index is 594. The van der Waals surface area contributed by atoms with E-state index in [0.717, 1.165) is 39.6 Å². The van der Waals surface area contributed by atoms with Crippen LogP contribution >= 0.6 is 22.9 Å². The summed E-state index contributed by atoms with van der Waals surface area (Å²) in [4.78, 5) is 1.13. The Morgan fingerprint density at radius 2 is 2.05 bits per heavy atom. The number of aryl methyl sites for hydroxylation is 2. The maximum atomic E-state index is 13.4. The van der Waals surface area contributed by atoms with E-state index in [9.17, 15) is 4.39 Å². The summed E-state index contributed by atoms with van der Waals surface area (Å²) in [6, 6.07) is 5.08. The molecule has 0 spiro atoms. The van der Waals surface area contributed by atoms with Crippen LogP contribution in [0.25, 0.3) is 0 Å². The van der Waals surface area contributed by atoms with E-state index in [1.165, 1.54) is 6.07 Å². The van der Waals surface area contributed by atoms with Crippen molar-refractivity contribution in [3.8, 4) is 0 Å². The number of thiophene rings is 1. The summed E-state index contributed by atoms with van der Waals surface area (Å²) in [6.07, 6.45) is 0.747. The molecule has 0 amide bonds. The summed E-state index contributed by atoms with van der Waals surface area (Å²) in [5.41, 5.74) is 3.24. The van der Waals surface area contributed by atoms with Crippen LogP contribution in [0.3, 0.4) is 0 Å². The predicted octanol–water partition coefficient (Wildman–Crippen LogP) is 5.05. The van der Waals surface area contributed by atoms with E-state index in [4.69, 9.17) is 11.6 Å². The third-order valence-electron chi connectivity index (χ3n) is 3.43. The molecular formula is C16H19ClFNS. The highest BCUT2D eigenvalue weighted by atomic mass is 35.5. The van der Waals surface area contributed by atoms with Crippen molar-refractivity contribution in [2.75, 3.05) is 6.54 Å². The zero-order valence-corrected chi connectivity index (χ0v) is 13.5. The summed E-state index contributed by atoms with van der Waals surface area (Å²) in [6.45, 7) is 6.95. The van der Waals surface area contributed by atoms with Crippen molar-refractivity contribution in [2.45, 2.75) is 33.2 Å². The number of rotatable bonds is 5. The van der Waals surface area contributed by atoms with Crippen LogP contribution in [0, 0.1) is 19.7 Å². The molecule has 0 bridgehead atoms. The van der Waals surface area contributed by atoms with Gasteiger partial charge in [-0.3, -0.25) is 0 Å². The standard InChI is InChI=1S/C16H19ClFNS/c1-4-19-14(16-15(17)11(3)9-20-16)8-12-7-13(18)6-5-10(12)2/h5-7,9,14,19H,4,8H2,1-3H3. The molecule has 0 radical (unpaired) electrons.